The number of hydrogen-bond acceptors (Lipinski definition) is 6. The van der Waals surface area contributed by atoms with Crippen LogP contribution in [0.2, 0.25) is 0 Å². The molecule has 0 aliphatic carbocycles. The van der Waals surface area contributed by atoms with Gasteiger partial charge in [-0.25, -0.2) is 13.4 Å². The minimum absolute atomic E-state index is 0.225. The molecule has 1 aliphatic rings. The number of aromatic nitrogens is 1. The van der Waals surface area contributed by atoms with Gasteiger partial charge in [-0.05, 0) is 37.1 Å². The summed E-state index contributed by atoms with van der Waals surface area (Å²) in [4.78, 5) is 17.7. The van der Waals surface area contributed by atoms with Crippen molar-refractivity contribution in [1.82, 2.24) is 14.6 Å². The molecule has 1 unspecified atom stereocenters. The van der Waals surface area contributed by atoms with E-state index in [1.54, 1.807) is 18.2 Å². The van der Waals surface area contributed by atoms with E-state index in [1.165, 1.54) is 27.4 Å². The number of carbonyl (C=O) groups is 1. The molecule has 1 atom stereocenters. The molecule has 1 saturated heterocycles. The summed E-state index contributed by atoms with van der Waals surface area (Å²) in [6.45, 7) is 4.09. The lowest BCUT2D eigenvalue weighted by molar-refractivity contribution is -0.124. The van der Waals surface area contributed by atoms with Gasteiger partial charge < -0.3 is 5.32 Å². The minimum atomic E-state index is -3.75. The number of thiazole rings is 1. The number of rotatable bonds is 6. The van der Waals surface area contributed by atoms with Crippen LogP contribution in [0.25, 0.3) is 10.6 Å². The summed E-state index contributed by atoms with van der Waals surface area (Å²) in [5.74, 6) is 0.399. The lowest BCUT2D eigenvalue weighted by atomic mass is 10.1. The summed E-state index contributed by atoms with van der Waals surface area (Å²) in [7, 11) is -3.75. The molecule has 3 aromatic rings. The maximum absolute atomic E-state index is 13.2. The molecule has 1 aliphatic heterocycles. The average Bonchev–Trinajstić information content (AvgIpc) is 3.45. The molecule has 0 saturated carbocycles. The van der Waals surface area contributed by atoms with Crippen molar-refractivity contribution in [3.63, 3.8) is 0 Å². The standard InChI is InChI=1S/C22H23N3O3S3/c1-15-8-9-19(10-16(15)2)31(27,28)25-14-29-13-20(25)21(26)23-11-18-12-30-22(24-18)17-6-4-3-5-7-17/h3-10,12,20H,11,13-14H2,1-2H3,(H,23,26). The Kier molecular flexibility index (Phi) is 6.47. The van der Waals surface area contributed by atoms with E-state index < -0.39 is 16.1 Å². The molecular weight excluding hydrogens is 450 g/mol. The predicted octanol–water partition coefficient (Wildman–Crippen LogP) is 3.81. The summed E-state index contributed by atoms with van der Waals surface area (Å²) in [5, 5.41) is 5.67. The van der Waals surface area contributed by atoms with Crippen molar-refractivity contribution >= 4 is 39.0 Å². The highest BCUT2D eigenvalue weighted by molar-refractivity contribution is 8.00. The van der Waals surface area contributed by atoms with E-state index in [1.807, 2.05) is 49.6 Å². The highest BCUT2D eigenvalue weighted by Gasteiger charge is 2.40. The van der Waals surface area contributed by atoms with Crippen molar-refractivity contribution in [1.29, 1.82) is 0 Å². The van der Waals surface area contributed by atoms with E-state index in [-0.39, 0.29) is 23.2 Å². The van der Waals surface area contributed by atoms with Crippen molar-refractivity contribution in [2.24, 2.45) is 0 Å². The Bertz CT molecular complexity index is 1190. The molecule has 0 spiro atoms. The van der Waals surface area contributed by atoms with E-state index in [0.717, 1.165) is 27.4 Å². The van der Waals surface area contributed by atoms with Crippen molar-refractivity contribution in [2.75, 3.05) is 11.6 Å². The fourth-order valence-electron chi connectivity index (χ4n) is 3.28. The van der Waals surface area contributed by atoms with Crippen LogP contribution in [-0.2, 0) is 21.4 Å². The second-order valence-corrected chi connectivity index (χ2v) is 11.1. The zero-order valence-electron chi connectivity index (χ0n) is 17.2. The normalized spacial score (nSPS) is 17.0. The SMILES string of the molecule is Cc1ccc(S(=O)(=O)N2CSCC2C(=O)NCc2csc(-c3ccccc3)n2)cc1C. The van der Waals surface area contributed by atoms with Crippen molar-refractivity contribution in [3.8, 4) is 10.6 Å². The number of nitrogens with one attached hydrogen (secondary N) is 1. The number of sulfonamides is 1. The number of benzene rings is 2. The molecule has 0 radical (unpaired) electrons. The molecular formula is C22H23N3O3S3. The molecule has 2 heterocycles. The van der Waals surface area contributed by atoms with Gasteiger partial charge in [-0.2, -0.15) is 4.31 Å². The van der Waals surface area contributed by atoms with Gasteiger partial charge in [-0.3, -0.25) is 4.79 Å². The maximum atomic E-state index is 13.2. The third-order valence-corrected chi connectivity index (χ3v) is 9.21. The number of aryl methyl sites for hydroxylation is 2. The Morgan fingerprint density at radius 3 is 2.68 bits per heavy atom. The van der Waals surface area contributed by atoms with Gasteiger partial charge in [0.15, 0.2) is 0 Å². The quantitative estimate of drug-likeness (QED) is 0.589. The van der Waals surface area contributed by atoms with Crippen molar-refractivity contribution < 1.29 is 13.2 Å². The summed E-state index contributed by atoms with van der Waals surface area (Å²) in [5.41, 5.74) is 3.73. The van der Waals surface area contributed by atoms with Gasteiger partial charge in [0.2, 0.25) is 15.9 Å². The van der Waals surface area contributed by atoms with E-state index in [2.05, 4.69) is 10.3 Å². The number of hydrogen-bond donors (Lipinski definition) is 1. The lowest BCUT2D eigenvalue weighted by Gasteiger charge is -2.22. The zero-order valence-corrected chi connectivity index (χ0v) is 19.7. The molecule has 31 heavy (non-hydrogen) atoms. The summed E-state index contributed by atoms with van der Waals surface area (Å²) < 4.78 is 27.6. The molecule has 4 rings (SSSR count). The molecule has 1 N–H and O–H groups in total. The smallest absolute Gasteiger partial charge is 0.244 e. The fourth-order valence-corrected chi connectivity index (χ4v) is 7.34. The Morgan fingerprint density at radius 2 is 1.94 bits per heavy atom. The third-order valence-electron chi connectivity index (χ3n) is 5.25. The van der Waals surface area contributed by atoms with E-state index >= 15 is 0 Å². The molecule has 1 aromatic heterocycles. The Balaban J connectivity index is 1.44. The lowest BCUT2D eigenvalue weighted by Crippen LogP contribution is -2.47. The first-order chi connectivity index (χ1) is 14.9. The Morgan fingerprint density at radius 1 is 1.16 bits per heavy atom. The second kappa shape index (κ2) is 9.12. The highest BCUT2D eigenvalue weighted by atomic mass is 32.2. The molecule has 9 heteroatoms. The van der Waals surface area contributed by atoms with Gasteiger partial charge in [-0.1, -0.05) is 36.4 Å². The van der Waals surface area contributed by atoms with Gasteiger partial charge in [0.25, 0.3) is 0 Å². The number of thioether (sulfide) groups is 1. The maximum Gasteiger partial charge on any atom is 0.244 e. The van der Waals surface area contributed by atoms with Crippen LogP contribution in [0.3, 0.4) is 0 Å². The third kappa shape index (κ3) is 4.69. The van der Waals surface area contributed by atoms with Gasteiger partial charge in [0.1, 0.15) is 11.0 Å². The van der Waals surface area contributed by atoms with Crippen LogP contribution >= 0.6 is 23.1 Å². The number of carbonyl (C=O) groups excluding carboxylic acids is 1. The Labute approximate surface area is 190 Å². The van der Waals surface area contributed by atoms with Crippen LogP contribution in [0.15, 0.2) is 58.8 Å². The number of nitrogens with zero attached hydrogens (tertiary/aromatic N) is 2. The van der Waals surface area contributed by atoms with Crippen LogP contribution in [0.1, 0.15) is 16.8 Å². The molecule has 1 amide bonds. The predicted molar refractivity (Wildman–Crippen MR) is 125 cm³/mol. The van der Waals surface area contributed by atoms with Gasteiger partial charge in [0, 0.05) is 16.7 Å². The van der Waals surface area contributed by atoms with Crippen molar-refractivity contribution in [2.45, 2.75) is 31.3 Å². The first-order valence-corrected chi connectivity index (χ1v) is 13.3. The topological polar surface area (TPSA) is 79.4 Å². The first-order valence-electron chi connectivity index (χ1n) is 9.80. The monoisotopic (exact) mass is 473 g/mol. The summed E-state index contributed by atoms with van der Waals surface area (Å²) in [6.07, 6.45) is 0. The van der Waals surface area contributed by atoms with Gasteiger partial charge in [-0.15, -0.1) is 23.1 Å². The van der Waals surface area contributed by atoms with E-state index in [9.17, 15) is 13.2 Å². The van der Waals surface area contributed by atoms with Gasteiger partial charge >= 0.3 is 0 Å². The minimum Gasteiger partial charge on any atom is -0.349 e. The Hall–Kier alpha value is -2.20. The van der Waals surface area contributed by atoms with Crippen molar-refractivity contribution in [3.05, 3.63) is 70.7 Å². The fraction of sp³-hybridized carbons (Fsp3) is 0.273. The van der Waals surface area contributed by atoms with Crippen LogP contribution < -0.4 is 5.32 Å². The highest BCUT2D eigenvalue weighted by Crippen LogP contribution is 2.29. The number of amides is 1. The zero-order chi connectivity index (χ0) is 22.0. The summed E-state index contributed by atoms with van der Waals surface area (Å²) in [6, 6.07) is 14.2. The molecule has 162 valence electrons. The first kappa shape index (κ1) is 22.0. The molecule has 1 fully saturated rings. The van der Waals surface area contributed by atoms with Crippen LogP contribution in [0.4, 0.5) is 0 Å². The molecule has 6 nitrogen and oxygen atoms in total. The van der Waals surface area contributed by atoms with E-state index in [4.69, 9.17) is 0 Å². The second-order valence-electron chi connectivity index (χ2n) is 7.38. The largest absolute Gasteiger partial charge is 0.349 e. The van der Waals surface area contributed by atoms with Crippen LogP contribution in [0.5, 0.6) is 0 Å². The molecule has 2 aromatic carbocycles. The molecule has 0 bridgehead atoms. The average molecular weight is 474 g/mol. The van der Waals surface area contributed by atoms with Crippen LogP contribution in [0, 0.1) is 13.8 Å². The van der Waals surface area contributed by atoms with Gasteiger partial charge in [0.05, 0.1) is 23.0 Å². The van der Waals surface area contributed by atoms with E-state index in [0.29, 0.717) is 5.75 Å². The summed E-state index contributed by atoms with van der Waals surface area (Å²) >= 11 is 2.96. The van der Waals surface area contributed by atoms with Crippen LogP contribution in [-0.4, -0.2) is 41.3 Å².